The molecule has 0 fully saturated rings. The molecule has 1 N–H and O–H groups in total. The van der Waals surface area contributed by atoms with Crippen LogP contribution in [0.4, 0.5) is 0 Å². The summed E-state index contributed by atoms with van der Waals surface area (Å²) in [5, 5.41) is 8.72. The quantitative estimate of drug-likeness (QED) is 0.868. The molecule has 1 aromatic carbocycles. The van der Waals surface area contributed by atoms with E-state index in [2.05, 4.69) is 4.98 Å². The van der Waals surface area contributed by atoms with Gasteiger partial charge in [0.1, 0.15) is 12.1 Å². The molecule has 1 aromatic heterocycles. The molecule has 0 atom stereocenters. The number of aliphatic carboxylic acids is 1. The first-order valence-electron chi connectivity index (χ1n) is 6.44. The summed E-state index contributed by atoms with van der Waals surface area (Å²) in [6.45, 7) is 1.85. The van der Waals surface area contributed by atoms with Gasteiger partial charge in [-0.1, -0.05) is 12.1 Å². The lowest BCUT2D eigenvalue weighted by molar-refractivity contribution is -0.144. The standard InChI is InChI=1S/C14H16N2O4/c1-2-16(9-14(18)19)13(17)8-7-12-15-10-5-3-4-6-11(10)20-12/h3-6H,2,7-9H2,1H3,(H,18,19). The molecule has 0 unspecified atom stereocenters. The highest BCUT2D eigenvalue weighted by Gasteiger charge is 2.16. The van der Waals surface area contributed by atoms with Crippen molar-refractivity contribution >= 4 is 23.0 Å². The van der Waals surface area contributed by atoms with Crippen LogP contribution in [-0.2, 0) is 16.0 Å². The topological polar surface area (TPSA) is 83.6 Å². The van der Waals surface area contributed by atoms with Crippen molar-refractivity contribution in [3.8, 4) is 0 Å². The molecule has 106 valence electrons. The summed E-state index contributed by atoms with van der Waals surface area (Å²) in [4.78, 5) is 28.1. The molecule has 0 radical (unpaired) electrons. The lowest BCUT2D eigenvalue weighted by Gasteiger charge is -2.17. The highest BCUT2D eigenvalue weighted by molar-refractivity contribution is 5.81. The SMILES string of the molecule is CCN(CC(=O)O)C(=O)CCc1nc2ccccc2o1. The minimum atomic E-state index is -1.01. The first-order valence-corrected chi connectivity index (χ1v) is 6.44. The molecule has 1 amide bonds. The van der Waals surface area contributed by atoms with Crippen molar-refractivity contribution < 1.29 is 19.1 Å². The van der Waals surface area contributed by atoms with Gasteiger partial charge < -0.3 is 14.4 Å². The molecule has 0 bridgehead atoms. The largest absolute Gasteiger partial charge is 0.480 e. The van der Waals surface area contributed by atoms with Gasteiger partial charge in [0.2, 0.25) is 5.91 Å². The van der Waals surface area contributed by atoms with Gasteiger partial charge >= 0.3 is 5.97 Å². The molecule has 0 aliphatic rings. The van der Waals surface area contributed by atoms with E-state index in [0.29, 0.717) is 24.4 Å². The average Bonchev–Trinajstić information content (AvgIpc) is 2.84. The van der Waals surface area contributed by atoms with Crippen LogP contribution >= 0.6 is 0 Å². The Kier molecular flexibility index (Phi) is 4.34. The number of amides is 1. The number of carboxylic acid groups (broad SMARTS) is 1. The van der Waals surface area contributed by atoms with Gasteiger partial charge in [0.25, 0.3) is 0 Å². The van der Waals surface area contributed by atoms with Crippen molar-refractivity contribution in [1.82, 2.24) is 9.88 Å². The van der Waals surface area contributed by atoms with Crippen molar-refractivity contribution in [3.05, 3.63) is 30.2 Å². The van der Waals surface area contributed by atoms with Crippen LogP contribution in [0.1, 0.15) is 19.2 Å². The minimum Gasteiger partial charge on any atom is -0.480 e. The Morgan fingerprint density at radius 3 is 2.75 bits per heavy atom. The smallest absolute Gasteiger partial charge is 0.323 e. The van der Waals surface area contributed by atoms with E-state index in [0.717, 1.165) is 5.52 Å². The molecular weight excluding hydrogens is 260 g/mol. The third-order valence-corrected chi connectivity index (χ3v) is 2.95. The molecule has 2 rings (SSSR count). The number of carbonyl (C=O) groups excluding carboxylic acids is 1. The lowest BCUT2D eigenvalue weighted by atomic mass is 10.2. The first kappa shape index (κ1) is 14.0. The van der Waals surface area contributed by atoms with Crippen molar-refractivity contribution in [3.63, 3.8) is 0 Å². The summed E-state index contributed by atoms with van der Waals surface area (Å²) in [6.07, 6.45) is 0.553. The van der Waals surface area contributed by atoms with Gasteiger partial charge in [0.05, 0.1) is 0 Å². The number of aryl methyl sites for hydroxylation is 1. The fraction of sp³-hybridized carbons (Fsp3) is 0.357. The molecule has 1 heterocycles. The third-order valence-electron chi connectivity index (χ3n) is 2.95. The van der Waals surface area contributed by atoms with Crippen LogP contribution in [0.15, 0.2) is 28.7 Å². The van der Waals surface area contributed by atoms with Crippen molar-refractivity contribution in [2.24, 2.45) is 0 Å². The maximum absolute atomic E-state index is 11.9. The Morgan fingerprint density at radius 2 is 2.10 bits per heavy atom. The van der Waals surface area contributed by atoms with Crippen molar-refractivity contribution in [1.29, 1.82) is 0 Å². The fourth-order valence-corrected chi connectivity index (χ4v) is 1.94. The van der Waals surface area contributed by atoms with Gasteiger partial charge in [0.15, 0.2) is 11.5 Å². The average molecular weight is 276 g/mol. The van der Waals surface area contributed by atoms with E-state index in [4.69, 9.17) is 9.52 Å². The first-order chi connectivity index (χ1) is 9.60. The number of likely N-dealkylation sites (N-methyl/N-ethyl adjacent to an activating group) is 1. The summed E-state index contributed by atoms with van der Waals surface area (Å²) in [7, 11) is 0. The van der Waals surface area contributed by atoms with Gasteiger partial charge in [-0.15, -0.1) is 0 Å². The predicted molar refractivity (Wildman–Crippen MR) is 72.2 cm³/mol. The monoisotopic (exact) mass is 276 g/mol. The normalized spacial score (nSPS) is 10.7. The van der Waals surface area contributed by atoms with E-state index in [9.17, 15) is 9.59 Å². The summed E-state index contributed by atoms with van der Waals surface area (Å²) >= 11 is 0. The van der Waals surface area contributed by atoms with Crippen LogP contribution < -0.4 is 0 Å². The second-order valence-electron chi connectivity index (χ2n) is 4.38. The molecule has 6 heteroatoms. The molecule has 2 aromatic rings. The van der Waals surface area contributed by atoms with Gasteiger partial charge in [-0.3, -0.25) is 9.59 Å². The number of carboxylic acids is 1. The van der Waals surface area contributed by atoms with E-state index in [1.807, 2.05) is 24.3 Å². The number of para-hydroxylation sites is 2. The number of benzene rings is 1. The zero-order valence-electron chi connectivity index (χ0n) is 11.2. The van der Waals surface area contributed by atoms with E-state index >= 15 is 0 Å². The maximum atomic E-state index is 11.9. The number of oxazole rings is 1. The zero-order valence-corrected chi connectivity index (χ0v) is 11.2. The molecule has 0 saturated carbocycles. The zero-order chi connectivity index (χ0) is 14.5. The molecule has 6 nitrogen and oxygen atoms in total. The summed E-state index contributed by atoms with van der Waals surface area (Å²) in [6, 6.07) is 7.38. The van der Waals surface area contributed by atoms with Gasteiger partial charge in [-0.05, 0) is 19.1 Å². The van der Waals surface area contributed by atoms with Crippen LogP contribution in [0.25, 0.3) is 11.1 Å². The van der Waals surface area contributed by atoms with E-state index < -0.39 is 5.97 Å². The number of rotatable bonds is 6. The Labute approximate surface area is 116 Å². The van der Waals surface area contributed by atoms with Crippen molar-refractivity contribution in [2.75, 3.05) is 13.1 Å². The van der Waals surface area contributed by atoms with Crippen LogP contribution in [0.3, 0.4) is 0 Å². The number of nitrogens with zero attached hydrogens (tertiary/aromatic N) is 2. The number of carbonyl (C=O) groups is 2. The molecule has 0 aliphatic carbocycles. The van der Waals surface area contributed by atoms with E-state index in [1.165, 1.54) is 4.90 Å². The van der Waals surface area contributed by atoms with Gasteiger partial charge in [-0.2, -0.15) is 0 Å². The number of aromatic nitrogens is 1. The van der Waals surface area contributed by atoms with Crippen LogP contribution in [0.2, 0.25) is 0 Å². The number of hydrogen-bond acceptors (Lipinski definition) is 4. The Bertz CT molecular complexity index is 587. The highest BCUT2D eigenvalue weighted by Crippen LogP contribution is 2.15. The van der Waals surface area contributed by atoms with Gasteiger partial charge in [0, 0.05) is 19.4 Å². The number of hydrogen-bond donors (Lipinski definition) is 1. The second-order valence-corrected chi connectivity index (χ2v) is 4.38. The molecule has 0 saturated heterocycles. The highest BCUT2D eigenvalue weighted by atomic mass is 16.4. The lowest BCUT2D eigenvalue weighted by Crippen LogP contribution is -2.35. The number of fused-ring (bicyclic) bond motifs is 1. The van der Waals surface area contributed by atoms with Crippen LogP contribution in [0, 0.1) is 0 Å². The third kappa shape index (κ3) is 3.34. The van der Waals surface area contributed by atoms with E-state index in [-0.39, 0.29) is 18.9 Å². The Balaban J connectivity index is 1.96. The second kappa shape index (κ2) is 6.18. The van der Waals surface area contributed by atoms with Crippen molar-refractivity contribution in [2.45, 2.75) is 19.8 Å². The minimum absolute atomic E-state index is 0.188. The van der Waals surface area contributed by atoms with Crippen LogP contribution in [-0.4, -0.2) is 40.0 Å². The molecule has 20 heavy (non-hydrogen) atoms. The summed E-state index contributed by atoms with van der Waals surface area (Å²) in [5.74, 6) is -0.731. The van der Waals surface area contributed by atoms with E-state index in [1.54, 1.807) is 6.92 Å². The van der Waals surface area contributed by atoms with Crippen LogP contribution in [0.5, 0.6) is 0 Å². The molecule has 0 spiro atoms. The maximum Gasteiger partial charge on any atom is 0.323 e. The Hall–Kier alpha value is -2.37. The fourth-order valence-electron chi connectivity index (χ4n) is 1.94. The van der Waals surface area contributed by atoms with Gasteiger partial charge in [-0.25, -0.2) is 4.98 Å². The predicted octanol–water partition coefficient (Wildman–Crippen LogP) is 1.69. The summed E-state index contributed by atoms with van der Waals surface area (Å²) < 4.78 is 5.51. The Morgan fingerprint density at radius 1 is 1.35 bits per heavy atom. The molecular formula is C14H16N2O4. The molecule has 0 aliphatic heterocycles. The summed E-state index contributed by atoms with van der Waals surface area (Å²) in [5.41, 5.74) is 1.45.